The first-order chi connectivity index (χ1) is 9.81. The summed E-state index contributed by atoms with van der Waals surface area (Å²) >= 11 is 0. The molecule has 0 radical (unpaired) electrons. The summed E-state index contributed by atoms with van der Waals surface area (Å²) in [5.41, 5.74) is 2.97. The molecule has 0 aliphatic heterocycles. The Hall–Kier alpha value is -3.28. The van der Waals surface area contributed by atoms with Crippen molar-refractivity contribution in [1.29, 1.82) is 10.5 Å². The Labute approximate surface area is 118 Å². The van der Waals surface area contributed by atoms with Gasteiger partial charge in [0.1, 0.15) is 0 Å². The number of hydrogen-bond acceptors (Lipinski definition) is 2. The third-order valence-corrected chi connectivity index (χ3v) is 2.58. The fourth-order valence-corrected chi connectivity index (χ4v) is 1.64. The summed E-state index contributed by atoms with van der Waals surface area (Å²) in [4.78, 5) is 0. The maximum Gasteiger partial charge on any atom is 0.0992 e. The van der Waals surface area contributed by atoms with Crippen LogP contribution >= 0.6 is 0 Å². The van der Waals surface area contributed by atoms with Gasteiger partial charge in [-0.25, -0.2) is 0 Å². The molecule has 0 heterocycles. The molecule has 2 heteroatoms. The van der Waals surface area contributed by atoms with Gasteiger partial charge < -0.3 is 0 Å². The first kappa shape index (κ1) is 13.2. The Bertz CT molecular complexity index is 790. The number of hydrogen-bond donors (Lipinski definition) is 0. The minimum atomic E-state index is 0.600. The lowest BCUT2D eigenvalue weighted by Gasteiger charge is -1.92. The molecule has 0 saturated carbocycles. The van der Waals surface area contributed by atoms with Crippen LogP contribution < -0.4 is 0 Å². The zero-order chi connectivity index (χ0) is 14.2. The molecule has 2 aromatic carbocycles. The lowest BCUT2D eigenvalue weighted by Crippen LogP contribution is -1.77. The van der Waals surface area contributed by atoms with E-state index >= 15 is 0 Å². The van der Waals surface area contributed by atoms with Crippen LogP contribution in [0, 0.1) is 34.5 Å². The number of nitrogens with zero attached hydrogens (tertiary/aromatic N) is 2. The molecule has 2 aromatic rings. The number of nitriles is 2. The summed E-state index contributed by atoms with van der Waals surface area (Å²) in [5, 5.41) is 17.6. The minimum Gasteiger partial charge on any atom is -0.192 e. The average molecular weight is 254 g/mol. The molecular weight excluding hydrogens is 244 g/mol. The van der Waals surface area contributed by atoms with E-state index in [1.54, 1.807) is 30.3 Å². The van der Waals surface area contributed by atoms with Crippen LogP contribution in [-0.4, -0.2) is 0 Å². The second-order valence-electron chi connectivity index (χ2n) is 4.03. The van der Waals surface area contributed by atoms with Crippen molar-refractivity contribution in [1.82, 2.24) is 0 Å². The molecule has 20 heavy (non-hydrogen) atoms. The quantitative estimate of drug-likeness (QED) is 0.731. The molecule has 0 aliphatic rings. The monoisotopic (exact) mass is 254 g/mol. The van der Waals surface area contributed by atoms with Crippen molar-refractivity contribution in [3.63, 3.8) is 0 Å². The third-order valence-electron chi connectivity index (χ3n) is 2.58. The van der Waals surface area contributed by atoms with Gasteiger partial charge in [0.25, 0.3) is 0 Å². The van der Waals surface area contributed by atoms with E-state index in [2.05, 4.69) is 24.0 Å². The lowest BCUT2D eigenvalue weighted by molar-refractivity contribution is 1.48. The van der Waals surface area contributed by atoms with Gasteiger partial charge in [-0.05, 0) is 48.0 Å². The number of rotatable bonds is 1. The highest BCUT2D eigenvalue weighted by Gasteiger charge is 1.91. The van der Waals surface area contributed by atoms with Crippen LogP contribution in [0.3, 0.4) is 0 Å². The smallest absolute Gasteiger partial charge is 0.0992 e. The van der Waals surface area contributed by atoms with Gasteiger partial charge in [-0.15, -0.1) is 0 Å². The Morgan fingerprint density at radius 1 is 0.800 bits per heavy atom. The molecule has 0 bridgehead atoms. The third kappa shape index (κ3) is 3.61. The zero-order valence-corrected chi connectivity index (χ0v) is 10.7. The van der Waals surface area contributed by atoms with Gasteiger partial charge in [0, 0.05) is 5.56 Å². The van der Waals surface area contributed by atoms with E-state index in [-0.39, 0.29) is 0 Å². The molecule has 0 saturated heterocycles. The predicted octanol–water partition coefficient (Wildman–Crippen LogP) is 3.49. The summed E-state index contributed by atoms with van der Waals surface area (Å²) in [6.07, 6.45) is 3.58. The summed E-state index contributed by atoms with van der Waals surface area (Å²) < 4.78 is 0. The molecular formula is C18H10N2. The minimum absolute atomic E-state index is 0.600. The maximum atomic E-state index is 8.80. The van der Waals surface area contributed by atoms with Crippen molar-refractivity contribution in [2.75, 3.05) is 0 Å². The van der Waals surface area contributed by atoms with E-state index in [0.29, 0.717) is 11.1 Å². The van der Waals surface area contributed by atoms with Crippen LogP contribution in [0.25, 0.3) is 6.08 Å². The van der Waals surface area contributed by atoms with E-state index in [0.717, 1.165) is 11.1 Å². The normalized spacial score (nSPS) is 9.30. The molecule has 92 valence electrons. The highest BCUT2D eigenvalue weighted by Crippen LogP contribution is 2.06. The zero-order valence-electron chi connectivity index (χ0n) is 10.7. The van der Waals surface area contributed by atoms with E-state index in [4.69, 9.17) is 10.5 Å². The van der Waals surface area contributed by atoms with Crippen LogP contribution in [0.1, 0.15) is 22.3 Å². The van der Waals surface area contributed by atoms with Gasteiger partial charge in [-0.1, -0.05) is 30.0 Å². The largest absolute Gasteiger partial charge is 0.192 e. The van der Waals surface area contributed by atoms with E-state index in [1.807, 2.05) is 30.3 Å². The highest BCUT2D eigenvalue weighted by atomic mass is 14.2. The number of allylic oxidation sites excluding steroid dienone is 1. The molecule has 0 spiro atoms. The Morgan fingerprint density at radius 3 is 2.20 bits per heavy atom. The standard InChI is InChI=1S/C18H10N2/c19-13-17-9-3-7-15(11-17)5-1-2-6-16-8-4-10-18(12-16)14-20/h1,3-5,7-12H/b5-1+. The number of benzene rings is 2. The molecule has 0 aliphatic carbocycles. The summed E-state index contributed by atoms with van der Waals surface area (Å²) in [6.45, 7) is 0. The molecule has 0 amide bonds. The first-order valence-corrected chi connectivity index (χ1v) is 6.00. The van der Waals surface area contributed by atoms with Crippen LogP contribution in [-0.2, 0) is 0 Å². The lowest BCUT2D eigenvalue weighted by atomic mass is 10.1. The van der Waals surface area contributed by atoms with Gasteiger partial charge in [0.15, 0.2) is 0 Å². The van der Waals surface area contributed by atoms with E-state index < -0.39 is 0 Å². The van der Waals surface area contributed by atoms with E-state index in [9.17, 15) is 0 Å². The highest BCUT2D eigenvalue weighted by molar-refractivity contribution is 5.56. The van der Waals surface area contributed by atoms with Crippen molar-refractivity contribution < 1.29 is 0 Å². The van der Waals surface area contributed by atoms with Crippen molar-refractivity contribution in [2.45, 2.75) is 0 Å². The Morgan fingerprint density at radius 2 is 1.45 bits per heavy atom. The fraction of sp³-hybridized carbons (Fsp3) is 0. The fourth-order valence-electron chi connectivity index (χ4n) is 1.64. The van der Waals surface area contributed by atoms with Crippen LogP contribution in [0.15, 0.2) is 54.6 Å². The summed E-state index contributed by atoms with van der Waals surface area (Å²) in [7, 11) is 0. The van der Waals surface area contributed by atoms with Gasteiger partial charge in [-0.2, -0.15) is 10.5 Å². The molecule has 0 fully saturated rings. The van der Waals surface area contributed by atoms with Gasteiger partial charge in [0.05, 0.1) is 23.3 Å². The average Bonchev–Trinajstić information content (AvgIpc) is 2.52. The van der Waals surface area contributed by atoms with Crippen molar-refractivity contribution in [3.05, 3.63) is 76.9 Å². The summed E-state index contributed by atoms with van der Waals surface area (Å²) in [5.74, 6) is 5.88. The van der Waals surface area contributed by atoms with E-state index in [1.165, 1.54) is 0 Å². The Kier molecular flexibility index (Phi) is 4.34. The molecule has 0 aromatic heterocycles. The second-order valence-corrected chi connectivity index (χ2v) is 4.03. The van der Waals surface area contributed by atoms with Gasteiger partial charge >= 0.3 is 0 Å². The molecule has 0 N–H and O–H groups in total. The SMILES string of the molecule is N#Cc1cccc(C#C/C=C/c2cccc(C#N)c2)c1. The van der Waals surface area contributed by atoms with Crippen LogP contribution in [0.4, 0.5) is 0 Å². The first-order valence-electron chi connectivity index (χ1n) is 6.00. The molecule has 0 atom stereocenters. The second kappa shape index (κ2) is 6.60. The Balaban J connectivity index is 2.12. The maximum absolute atomic E-state index is 8.80. The van der Waals surface area contributed by atoms with Crippen molar-refractivity contribution in [3.8, 4) is 24.0 Å². The van der Waals surface area contributed by atoms with Gasteiger partial charge in [-0.3, -0.25) is 0 Å². The molecule has 0 unspecified atom stereocenters. The van der Waals surface area contributed by atoms with Crippen LogP contribution in [0.2, 0.25) is 0 Å². The topological polar surface area (TPSA) is 47.6 Å². The van der Waals surface area contributed by atoms with Crippen LogP contribution in [0.5, 0.6) is 0 Å². The molecule has 2 nitrogen and oxygen atoms in total. The van der Waals surface area contributed by atoms with Crippen molar-refractivity contribution in [2.24, 2.45) is 0 Å². The predicted molar refractivity (Wildman–Crippen MR) is 78.2 cm³/mol. The summed E-state index contributed by atoms with van der Waals surface area (Å²) in [6, 6.07) is 18.6. The molecule has 2 rings (SSSR count). The van der Waals surface area contributed by atoms with Crippen molar-refractivity contribution >= 4 is 6.08 Å². The van der Waals surface area contributed by atoms with Gasteiger partial charge in [0.2, 0.25) is 0 Å².